The van der Waals surface area contributed by atoms with Gasteiger partial charge < -0.3 is 10.2 Å². The minimum absolute atomic E-state index is 0.00479. The average molecular weight is 160 g/mol. The molecule has 0 aromatic heterocycles. The Bertz CT molecular complexity index is 99.7. The van der Waals surface area contributed by atoms with Gasteiger partial charge in [-0.3, -0.25) is 0 Å². The van der Waals surface area contributed by atoms with Gasteiger partial charge in [-0.1, -0.05) is 20.8 Å². The lowest BCUT2D eigenvalue weighted by Gasteiger charge is -2.29. The molecule has 0 aromatic rings. The molecule has 0 bridgehead atoms. The third-order valence-corrected chi connectivity index (χ3v) is 2.54. The molecule has 1 atom stereocenters. The summed E-state index contributed by atoms with van der Waals surface area (Å²) in [5, 5.41) is 17.6. The Balaban J connectivity index is 3.71. The highest BCUT2D eigenvalue weighted by molar-refractivity contribution is 4.73. The third-order valence-electron chi connectivity index (χ3n) is 2.54. The van der Waals surface area contributed by atoms with Gasteiger partial charge in [0, 0.05) is 13.2 Å². The Kier molecular flexibility index (Phi) is 4.69. The average Bonchev–Trinajstić information content (AvgIpc) is 2.00. The Morgan fingerprint density at radius 2 is 1.82 bits per heavy atom. The van der Waals surface area contributed by atoms with Crippen molar-refractivity contribution in [3.05, 3.63) is 0 Å². The Morgan fingerprint density at radius 1 is 1.27 bits per heavy atom. The van der Waals surface area contributed by atoms with Crippen LogP contribution < -0.4 is 0 Å². The van der Waals surface area contributed by atoms with Crippen LogP contribution in [-0.4, -0.2) is 23.4 Å². The van der Waals surface area contributed by atoms with Crippen LogP contribution in [0.4, 0.5) is 0 Å². The van der Waals surface area contributed by atoms with Crippen LogP contribution in [0, 0.1) is 11.3 Å². The summed E-state index contributed by atoms with van der Waals surface area (Å²) in [6.45, 7) is 6.70. The van der Waals surface area contributed by atoms with Crippen molar-refractivity contribution in [3.63, 3.8) is 0 Å². The predicted molar refractivity (Wildman–Crippen MR) is 46.4 cm³/mol. The standard InChI is InChI=1S/C9H20O2/c1-8(5-4-6-10)9(2,3)7-11/h8,10-11H,4-7H2,1-3H3. The minimum Gasteiger partial charge on any atom is -0.396 e. The van der Waals surface area contributed by atoms with Crippen molar-refractivity contribution in [2.24, 2.45) is 11.3 Å². The lowest BCUT2D eigenvalue weighted by atomic mass is 9.78. The highest BCUT2D eigenvalue weighted by atomic mass is 16.3. The molecule has 2 heteroatoms. The molecule has 0 fully saturated rings. The molecule has 0 rings (SSSR count). The van der Waals surface area contributed by atoms with Crippen molar-refractivity contribution in [2.45, 2.75) is 33.6 Å². The quantitative estimate of drug-likeness (QED) is 0.638. The van der Waals surface area contributed by atoms with E-state index in [9.17, 15) is 0 Å². The lowest BCUT2D eigenvalue weighted by Crippen LogP contribution is -2.25. The van der Waals surface area contributed by atoms with Crippen LogP contribution in [0.3, 0.4) is 0 Å². The van der Waals surface area contributed by atoms with Gasteiger partial charge in [0.15, 0.2) is 0 Å². The van der Waals surface area contributed by atoms with Crippen LogP contribution in [0.25, 0.3) is 0 Å². The van der Waals surface area contributed by atoms with Crippen molar-refractivity contribution < 1.29 is 10.2 Å². The molecule has 0 aliphatic carbocycles. The summed E-state index contributed by atoms with van der Waals surface area (Å²) in [6.07, 6.45) is 1.83. The van der Waals surface area contributed by atoms with Crippen LogP contribution in [0.5, 0.6) is 0 Å². The van der Waals surface area contributed by atoms with Crippen LogP contribution in [-0.2, 0) is 0 Å². The van der Waals surface area contributed by atoms with Crippen molar-refractivity contribution >= 4 is 0 Å². The molecule has 0 aliphatic rings. The fourth-order valence-electron chi connectivity index (χ4n) is 0.944. The number of hydrogen-bond donors (Lipinski definition) is 2. The summed E-state index contributed by atoms with van der Waals surface area (Å²) in [5.41, 5.74) is -0.00479. The summed E-state index contributed by atoms with van der Waals surface area (Å²) in [4.78, 5) is 0. The normalized spacial score (nSPS) is 15.0. The molecule has 2 nitrogen and oxygen atoms in total. The molecule has 0 radical (unpaired) electrons. The largest absolute Gasteiger partial charge is 0.396 e. The number of hydrogen-bond acceptors (Lipinski definition) is 2. The second-order valence-corrected chi connectivity index (χ2v) is 3.91. The first kappa shape index (κ1) is 10.9. The second-order valence-electron chi connectivity index (χ2n) is 3.91. The Labute approximate surface area is 69.2 Å². The van der Waals surface area contributed by atoms with Gasteiger partial charge in [0.05, 0.1) is 0 Å². The van der Waals surface area contributed by atoms with E-state index in [2.05, 4.69) is 20.8 Å². The molecule has 0 aliphatic heterocycles. The fraction of sp³-hybridized carbons (Fsp3) is 1.00. The van der Waals surface area contributed by atoms with Gasteiger partial charge in [-0.05, 0) is 24.2 Å². The molecule has 0 heterocycles. The van der Waals surface area contributed by atoms with Crippen molar-refractivity contribution in [3.8, 4) is 0 Å². The van der Waals surface area contributed by atoms with E-state index in [1.807, 2.05) is 0 Å². The lowest BCUT2D eigenvalue weighted by molar-refractivity contribution is 0.0953. The summed E-state index contributed by atoms with van der Waals surface area (Å²) < 4.78 is 0. The summed E-state index contributed by atoms with van der Waals surface area (Å²) in [6, 6.07) is 0. The molecule has 0 spiro atoms. The molecule has 0 saturated heterocycles. The second kappa shape index (κ2) is 4.73. The smallest absolute Gasteiger partial charge is 0.0484 e. The zero-order valence-electron chi connectivity index (χ0n) is 7.80. The van der Waals surface area contributed by atoms with Gasteiger partial charge >= 0.3 is 0 Å². The Hall–Kier alpha value is -0.0800. The van der Waals surface area contributed by atoms with E-state index in [0.29, 0.717) is 5.92 Å². The van der Waals surface area contributed by atoms with Crippen LogP contribution in [0.2, 0.25) is 0 Å². The van der Waals surface area contributed by atoms with Gasteiger partial charge in [0.2, 0.25) is 0 Å². The van der Waals surface area contributed by atoms with Gasteiger partial charge in [-0.2, -0.15) is 0 Å². The first-order valence-electron chi connectivity index (χ1n) is 4.26. The van der Waals surface area contributed by atoms with E-state index in [4.69, 9.17) is 10.2 Å². The highest BCUT2D eigenvalue weighted by Gasteiger charge is 2.23. The van der Waals surface area contributed by atoms with Crippen LogP contribution in [0.1, 0.15) is 33.6 Å². The van der Waals surface area contributed by atoms with E-state index in [1.165, 1.54) is 0 Å². The molecule has 11 heavy (non-hydrogen) atoms. The maximum Gasteiger partial charge on any atom is 0.0484 e. The topological polar surface area (TPSA) is 40.5 Å². The van der Waals surface area contributed by atoms with Crippen molar-refractivity contribution in [1.29, 1.82) is 0 Å². The number of rotatable bonds is 5. The predicted octanol–water partition coefficient (Wildman–Crippen LogP) is 1.41. The number of aliphatic hydroxyl groups is 2. The van der Waals surface area contributed by atoms with E-state index < -0.39 is 0 Å². The molecular weight excluding hydrogens is 140 g/mol. The molecule has 68 valence electrons. The van der Waals surface area contributed by atoms with E-state index in [0.717, 1.165) is 12.8 Å². The molecule has 2 N–H and O–H groups in total. The molecule has 0 saturated carbocycles. The van der Waals surface area contributed by atoms with Crippen LogP contribution in [0.15, 0.2) is 0 Å². The molecule has 0 aromatic carbocycles. The zero-order chi connectivity index (χ0) is 8.91. The molecule has 1 unspecified atom stereocenters. The zero-order valence-corrected chi connectivity index (χ0v) is 7.80. The minimum atomic E-state index is -0.00479. The Morgan fingerprint density at radius 3 is 2.18 bits per heavy atom. The first-order chi connectivity index (χ1) is 5.04. The van der Waals surface area contributed by atoms with Crippen LogP contribution >= 0.6 is 0 Å². The van der Waals surface area contributed by atoms with Gasteiger partial charge in [0.1, 0.15) is 0 Å². The van der Waals surface area contributed by atoms with E-state index >= 15 is 0 Å². The fourth-order valence-corrected chi connectivity index (χ4v) is 0.944. The monoisotopic (exact) mass is 160 g/mol. The van der Waals surface area contributed by atoms with Gasteiger partial charge in [0.25, 0.3) is 0 Å². The van der Waals surface area contributed by atoms with Crippen molar-refractivity contribution in [2.75, 3.05) is 13.2 Å². The summed E-state index contributed by atoms with van der Waals surface area (Å²) in [5.74, 6) is 0.472. The summed E-state index contributed by atoms with van der Waals surface area (Å²) >= 11 is 0. The molecular formula is C9H20O2. The number of aliphatic hydroxyl groups excluding tert-OH is 2. The first-order valence-corrected chi connectivity index (χ1v) is 4.26. The maximum absolute atomic E-state index is 9.00. The summed E-state index contributed by atoms with van der Waals surface area (Å²) in [7, 11) is 0. The third kappa shape index (κ3) is 3.73. The highest BCUT2D eigenvalue weighted by Crippen LogP contribution is 2.28. The molecule has 0 amide bonds. The van der Waals surface area contributed by atoms with Gasteiger partial charge in [-0.25, -0.2) is 0 Å². The van der Waals surface area contributed by atoms with E-state index in [1.54, 1.807) is 0 Å². The maximum atomic E-state index is 9.00. The van der Waals surface area contributed by atoms with Crippen molar-refractivity contribution in [1.82, 2.24) is 0 Å². The SMILES string of the molecule is CC(CCCO)C(C)(C)CO. The van der Waals surface area contributed by atoms with E-state index in [-0.39, 0.29) is 18.6 Å². The van der Waals surface area contributed by atoms with Gasteiger partial charge in [-0.15, -0.1) is 0 Å².